The van der Waals surface area contributed by atoms with Gasteiger partial charge in [-0.15, -0.1) is 0 Å². The van der Waals surface area contributed by atoms with Gasteiger partial charge in [-0.25, -0.2) is 0 Å². The van der Waals surface area contributed by atoms with Gasteiger partial charge in [-0.3, -0.25) is 14.6 Å². The number of amides is 1. The number of piperidine rings is 1. The number of likely N-dealkylation sites (tertiary alicyclic amines) is 1. The Kier molecular flexibility index (Phi) is 4.14. The predicted molar refractivity (Wildman–Crippen MR) is 69.6 cm³/mol. The summed E-state index contributed by atoms with van der Waals surface area (Å²) in [5.41, 5.74) is 1.44. The third kappa shape index (κ3) is 3.10. The Bertz CT molecular complexity index is 470. The average molecular weight is 262 g/mol. The number of hydrogen-bond acceptors (Lipinski definition) is 4. The van der Waals surface area contributed by atoms with Crippen LogP contribution >= 0.6 is 0 Å². The monoisotopic (exact) mass is 262 g/mol. The highest BCUT2D eigenvalue weighted by Gasteiger charge is 2.29. The summed E-state index contributed by atoms with van der Waals surface area (Å²) in [6, 6.07) is 3.58. The first-order chi connectivity index (χ1) is 9.11. The zero-order chi connectivity index (χ0) is 13.8. The second-order valence-electron chi connectivity index (χ2n) is 4.80. The summed E-state index contributed by atoms with van der Waals surface area (Å²) >= 11 is 0. The molecule has 0 saturated carbocycles. The molecule has 1 amide bonds. The molecule has 0 N–H and O–H groups in total. The fourth-order valence-electron chi connectivity index (χ4n) is 2.30. The number of rotatable bonds is 2. The Morgan fingerprint density at radius 3 is 2.84 bits per heavy atom. The molecule has 5 nitrogen and oxygen atoms in total. The number of methoxy groups -OCH3 is 1. The first kappa shape index (κ1) is 13.5. The largest absolute Gasteiger partial charge is 0.469 e. The molecule has 102 valence electrons. The SMILES string of the molecule is COC(=O)C1CCCN(C(=O)c2ccc(C)nc2)C1. The van der Waals surface area contributed by atoms with E-state index >= 15 is 0 Å². The van der Waals surface area contributed by atoms with Crippen molar-refractivity contribution in [3.05, 3.63) is 29.6 Å². The van der Waals surface area contributed by atoms with E-state index in [2.05, 4.69) is 4.98 Å². The molecule has 1 aromatic rings. The smallest absolute Gasteiger partial charge is 0.310 e. The van der Waals surface area contributed by atoms with Gasteiger partial charge >= 0.3 is 5.97 Å². The van der Waals surface area contributed by atoms with Gasteiger partial charge in [0.1, 0.15) is 0 Å². The van der Waals surface area contributed by atoms with Crippen LogP contribution in [0, 0.1) is 12.8 Å². The predicted octanol–water partition coefficient (Wildman–Crippen LogP) is 1.42. The molecule has 1 aromatic heterocycles. The van der Waals surface area contributed by atoms with Crippen molar-refractivity contribution in [2.45, 2.75) is 19.8 Å². The summed E-state index contributed by atoms with van der Waals surface area (Å²) in [5, 5.41) is 0. The van der Waals surface area contributed by atoms with E-state index in [4.69, 9.17) is 4.74 Å². The van der Waals surface area contributed by atoms with Gasteiger partial charge in [0.05, 0.1) is 18.6 Å². The Labute approximate surface area is 112 Å². The molecule has 1 aliphatic heterocycles. The third-order valence-electron chi connectivity index (χ3n) is 3.40. The lowest BCUT2D eigenvalue weighted by Gasteiger charge is -2.31. The maximum Gasteiger partial charge on any atom is 0.310 e. The van der Waals surface area contributed by atoms with Crippen LogP contribution in [-0.4, -0.2) is 42.0 Å². The first-order valence-electron chi connectivity index (χ1n) is 6.41. The molecule has 2 rings (SSSR count). The molecule has 1 fully saturated rings. The highest BCUT2D eigenvalue weighted by molar-refractivity contribution is 5.94. The van der Waals surface area contributed by atoms with Crippen LogP contribution in [0.25, 0.3) is 0 Å². The number of pyridine rings is 1. The maximum atomic E-state index is 12.3. The van der Waals surface area contributed by atoms with Crippen LogP contribution in [-0.2, 0) is 9.53 Å². The van der Waals surface area contributed by atoms with E-state index in [0.717, 1.165) is 18.5 Å². The van der Waals surface area contributed by atoms with Crippen molar-refractivity contribution in [1.82, 2.24) is 9.88 Å². The second kappa shape index (κ2) is 5.82. The van der Waals surface area contributed by atoms with E-state index in [1.807, 2.05) is 13.0 Å². The Hall–Kier alpha value is -1.91. The highest BCUT2D eigenvalue weighted by atomic mass is 16.5. The molecule has 1 aliphatic rings. The van der Waals surface area contributed by atoms with E-state index in [1.165, 1.54) is 7.11 Å². The Morgan fingerprint density at radius 1 is 1.42 bits per heavy atom. The molecule has 0 radical (unpaired) electrons. The fraction of sp³-hybridized carbons (Fsp3) is 0.500. The summed E-state index contributed by atoms with van der Waals surface area (Å²) in [7, 11) is 1.38. The lowest BCUT2D eigenvalue weighted by Crippen LogP contribution is -2.42. The van der Waals surface area contributed by atoms with Gasteiger partial charge in [0.2, 0.25) is 0 Å². The number of carbonyl (C=O) groups excluding carboxylic acids is 2. The zero-order valence-electron chi connectivity index (χ0n) is 11.3. The summed E-state index contributed by atoms with van der Waals surface area (Å²) in [4.78, 5) is 29.7. The second-order valence-corrected chi connectivity index (χ2v) is 4.80. The summed E-state index contributed by atoms with van der Waals surface area (Å²) in [5.74, 6) is -0.512. The summed E-state index contributed by atoms with van der Waals surface area (Å²) < 4.78 is 4.75. The molecule has 2 heterocycles. The molecule has 1 atom stereocenters. The van der Waals surface area contributed by atoms with Crippen LogP contribution in [0.4, 0.5) is 0 Å². The highest BCUT2D eigenvalue weighted by Crippen LogP contribution is 2.19. The van der Waals surface area contributed by atoms with Crippen LogP contribution in [0.1, 0.15) is 28.9 Å². The first-order valence-corrected chi connectivity index (χ1v) is 6.41. The number of aromatic nitrogens is 1. The molecule has 19 heavy (non-hydrogen) atoms. The lowest BCUT2D eigenvalue weighted by atomic mass is 9.97. The van der Waals surface area contributed by atoms with Crippen LogP contribution in [0.15, 0.2) is 18.3 Å². The third-order valence-corrected chi connectivity index (χ3v) is 3.40. The zero-order valence-corrected chi connectivity index (χ0v) is 11.3. The molecular weight excluding hydrogens is 244 g/mol. The molecule has 0 aliphatic carbocycles. The lowest BCUT2D eigenvalue weighted by molar-refractivity contribution is -0.146. The van der Waals surface area contributed by atoms with Gasteiger partial charge in [0, 0.05) is 25.0 Å². The Morgan fingerprint density at radius 2 is 2.21 bits per heavy atom. The quantitative estimate of drug-likeness (QED) is 0.756. The molecule has 0 bridgehead atoms. The van der Waals surface area contributed by atoms with Gasteiger partial charge in [-0.05, 0) is 31.9 Å². The van der Waals surface area contributed by atoms with E-state index in [9.17, 15) is 9.59 Å². The van der Waals surface area contributed by atoms with Gasteiger partial charge in [0.15, 0.2) is 0 Å². The maximum absolute atomic E-state index is 12.3. The van der Waals surface area contributed by atoms with E-state index in [1.54, 1.807) is 17.2 Å². The molecule has 5 heteroatoms. The number of aryl methyl sites for hydroxylation is 1. The standard InChI is InChI=1S/C14H18N2O3/c1-10-5-6-11(8-15-10)13(17)16-7-3-4-12(9-16)14(18)19-2/h5-6,8,12H,3-4,7,9H2,1-2H3. The van der Waals surface area contributed by atoms with E-state index in [-0.39, 0.29) is 17.8 Å². The molecule has 1 unspecified atom stereocenters. The van der Waals surface area contributed by atoms with Crippen molar-refractivity contribution in [2.75, 3.05) is 20.2 Å². The molecule has 0 aromatic carbocycles. The van der Waals surface area contributed by atoms with Crippen molar-refractivity contribution in [3.8, 4) is 0 Å². The molecular formula is C14H18N2O3. The number of nitrogens with zero attached hydrogens (tertiary/aromatic N) is 2. The Balaban J connectivity index is 2.06. The van der Waals surface area contributed by atoms with Crippen molar-refractivity contribution in [1.29, 1.82) is 0 Å². The van der Waals surface area contributed by atoms with Crippen molar-refractivity contribution in [3.63, 3.8) is 0 Å². The van der Waals surface area contributed by atoms with E-state index in [0.29, 0.717) is 18.7 Å². The number of hydrogen-bond donors (Lipinski definition) is 0. The number of carbonyl (C=O) groups is 2. The summed E-state index contributed by atoms with van der Waals surface area (Å²) in [6.45, 7) is 2.99. The number of ether oxygens (including phenoxy) is 1. The van der Waals surface area contributed by atoms with Gasteiger partial charge in [-0.1, -0.05) is 0 Å². The summed E-state index contributed by atoms with van der Waals surface area (Å²) in [6.07, 6.45) is 3.19. The van der Waals surface area contributed by atoms with Gasteiger partial charge in [0.25, 0.3) is 5.91 Å². The number of esters is 1. The normalized spacial score (nSPS) is 19.1. The average Bonchev–Trinajstić information content (AvgIpc) is 2.46. The van der Waals surface area contributed by atoms with Crippen molar-refractivity contribution < 1.29 is 14.3 Å². The molecule has 1 saturated heterocycles. The van der Waals surface area contributed by atoms with E-state index < -0.39 is 0 Å². The minimum atomic E-state index is -0.237. The fourth-order valence-corrected chi connectivity index (χ4v) is 2.30. The van der Waals surface area contributed by atoms with Crippen LogP contribution in [0.3, 0.4) is 0 Å². The van der Waals surface area contributed by atoms with Crippen LogP contribution in [0.2, 0.25) is 0 Å². The van der Waals surface area contributed by atoms with Crippen molar-refractivity contribution >= 4 is 11.9 Å². The minimum absolute atomic E-state index is 0.0684. The van der Waals surface area contributed by atoms with Gasteiger partial charge in [-0.2, -0.15) is 0 Å². The van der Waals surface area contributed by atoms with Crippen LogP contribution < -0.4 is 0 Å². The van der Waals surface area contributed by atoms with Crippen LogP contribution in [0.5, 0.6) is 0 Å². The molecule has 0 spiro atoms. The minimum Gasteiger partial charge on any atom is -0.469 e. The van der Waals surface area contributed by atoms with Gasteiger partial charge < -0.3 is 9.64 Å². The van der Waals surface area contributed by atoms with Crippen molar-refractivity contribution in [2.24, 2.45) is 5.92 Å². The topological polar surface area (TPSA) is 59.5 Å².